The largest absolute Gasteiger partial charge is 0.395 e. The molecule has 1 heterocycles. The van der Waals surface area contributed by atoms with Crippen molar-refractivity contribution in [3.05, 3.63) is 41.5 Å². The van der Waals surface area contributed by atoms with E-state index in [1.54, 1.807) is 12.1 Å². The molecule has 1 saturated carbocycles. The van der Waals surface area contributed by atoms with Crippen molar-refractivity contribution in [1.82, 2.24) is 15.5 Å². The fourth-order valence-corrected chi connectivity index (χ4v) is 3.24. The van der Waals surface area contributed by atoms with E-state index in [0.29, 0.717) is 36.8 Å². The highest BCUT2D eigenvalue weighted by atomic mass is 16.5. The first kappa shape index (κ1) is 18.4. The lowest BCUT2D eigenvalue weighted by Crippen LogP contribution is -2.26. The number of aliphatic hydroxyl groups excluding tert-OH is 1. The van der Waals surface area contributed by atoms with Gasteiger partial charge in [-0.05, 0) is 37.1 Å². The van der Waals surface area contributed by atoms with Crippen LogP contribution in [0.4, 0.5) is 5.69 Å². The van der Waals surface area contributed by atoms with Gasteiger partial charge in [-0.3, -0.25) is 4.79 Å². The van der Waals surface area contributed by atoms with E-state index >= 15 is 0 Å². The zero-order valence-corrected chi connectivity index (χ0v) is 15.1. The van der Waals surface area contributed by atoms with E-state index in [1.165, 1.54) is 12.8 Å². The zero-order valence-electron chi connectivity index (χ0n) is 15.1. The molecule has 0 aliphatic heterocycles. The van der Waals surface area contributed by atoms with E-state index < -0.39 is 0 Å². The van der Waals surface area contributed by atoms with Gasteiger partial charge in [0.1, 0.15) is 0 Å². The van der Waals surface area contributed by atoms with Gasteiger partial charge >= 0.3 is 0 Å². The minimum Gasteiger partial charge on any atom is -0.395 e. The summed E-state index contributed by atoms with van der Waals surface area (Å²) in [6.45, 7) is 1.12. The number of likely N-dealkylation sites (N-methyl/N-ethyl adjacent to an activating group) is 1. The second-order valence-electron chi connectivity index (χ2n) is 6.73. The minimum absolute atomic E-state index is 0.0945. The van der Waals surface area contributed by atoms with E-state index in [2.05, 4.69) is 15.5 Å². The SMILES string of the molecule is CN(CCO)c1ccc(C(=O)NCCc2noc(C3CCCC3)n2)cc1. The molecule has 2 aromatic rings. The number of amides is 1. The third kappa shape index (κ3) is 4.60. The van der Waals surface area contributed by atoms with Crippen LogP contribution in [0.15, 0.2) is 28.8 Å². The molecule has 1 fully saturated rings. The number of benzene rings is 1. The van der Waals surface area contributed by atoms with Crippen LogP contribution in [0.2, 0.25) is 0 Å². The lowest BCUT2D eigenvalue weighted by molar-refractivity contribution is 0.0954. The highest BCUT2D eigenvalue weighted by Crippen LogP contribution is 2.32. The molecule has 7 nitrogen and oxygen atoms in total. The first-order valence-electron chi connectivity index (χ1n) is 9.20. The van der Waals surface area contributed by atoms with Crippen LogP contribution in [0.25, 0.3) is 0 Å². The summed E-state index contributed by atoms with van der Waals surface area (Å²) in [5, 5.41) is 15.9. The molecule has 0 unspecified atom stereocenters. The van der Waals surface area contributed by atoms with Crippen LogP contribution >= 0.6 is 0 Å². The normalized spacial score (nSPS) is 14.5. The van der Waals surface area contributed by atoms with E-state index in [4.69, 9.17) is 9.63 Å². The second-order valence-corrected chi connectivity index (χ2v) is 6.73. The van der Waals surface area contributed by atoms with Crippen LogP contribution < -0.4 is 10.2 Å². The predicted octanol–water partition coefficient (Wildman–Crippen LogP) is 2.13. The van der Waals surface area contributed by atoms with E-state index in [9.17, 15) is 4.79 Å². The number of hydrogen-bond acceptors (Lipinski definition) is 6. The molecule has 1 amide bonds. The molecule has 26 heavy (non-hydrogen) atoms. The third-order valence-electron chi connectivity index (χ3n) is 4.83. The summed E-state index contributed by atoms with van der Waals surface area (Å²) in [5.41, 5.74) is 1.56. The standard InChI is InChI=1S/C19H26N4O3/c1-23(12-13-24)16-8-6-14(7-9-16)18(25)20-11-10-17-21-19(26-22-17)15-4-2-3-5-15/h6-9,15,24H,2-5,10-13H2,1H3,(H,20,25). The van der Waals surface area contributed by atoms with E-state index in [1.807, 2.05) is 24.1 Å². The van der Waals surface area contributed by atoms with Gasteiger partial charge in [0.2, 0.25) is 5.89 Å². The molecule has 140 valence electrons. The highest BCUT2D eigenvalue weighted by molar-refractivity contribution is 5.94. The van der Waals surface area contributed by atoms with Crippen LogP contribution in [0.3, 0.4) is 0 Å². The Balaban J connectivity index is 1.46. The van der Waals surface area contributed by atoms with Gasteiger partial charge in [-0.15, -0.1) is 0 Å². The van der Waals surface area contributed by atoms with Crippen molar-refractivity contribution in [3.8, 4) is 0 Å². The number of carbonyl (C=O) groups excluding carboxylic acids is 1. The summed E-state index contributed by atoms with van der Waals surface area (Å²) in [7, 11) is 1.90. The molecule has 3 rings (SSSR count). The topological polar surface area (TPSA) is 91.5 Å². The number of aliphatic hydroxyl groups is 1. The van der Waals surface area contributed by atoms with Crippen LogP contribution in [-0.2, 0) is 6.42 Å². The van der Waals surface area contributed by atoms with Crippen molar-refractivity contribution >= 4 is 11.6 Å². The Labute approximate surface area is 153 Å². The van der Waals surface area contributed by atoms with Crippen molar-refractivity contribution in [1.29, 1.82) is 0 Å². The Bertz CT molecular complexity index is 708. The summed E-state index contributed by atoms with van der Waals surface area (Å²) >= 11 is 0. The van der Waals surface area contributed by atoms with Crippen molar-refractivity contribution in [2.75, 3.05) is 31.6 Å². The number of carbonyl (C=O) groups is 1. The van der Waals surface area contributed by atoms with Crippen molar-refractivity contribution in [2.24, 2.45) is 0 Å². The number of aromatic nitrogens is 2. The highest BCUT2D eigenvalue weighted by Gasteiger charge is 2.22. The molecule has 0 atom stereocenters. The van der Waals surface area contributed by atoms with Gasteiger partial charge in [-0.1, -0.05) is 18.0 Å². The average Bonchev–Trinajstić information content (AvgIpc) is 3.33. The molecule has 1 aliphatic carbocycles. The predicted molar refractivity (Wildman–Crippen MR) is 98.3 cm³/mol. The molecule has 1 aromatic heterocycles. The van der Waals surface area contributed by atoms with Gasteiger partial charge in [0.05, 0.1) is 6.61 Å². The fraction of sp³-hybridized carbons (Fsp3) is 0.526. The molecular formula is C19H26N4O3. The van der Waals surface area contributed by atoms with E-state index in [-0.39, 0.29) is 12.5 Å². The van der Waals surface area contributed by atoms with Crippen molar-refractivity contribution < 1.29 is 14.4 Å². The van der Waals surface area contributed by atoms with Gasteiger partial charge in [0.25, 0.3) is 5.91 Å². The number of rotatable bonds is 8. The molecule has 0 radical (unpaired) electrons. The van der Waals surface area contributed by atoms with Crippen LogP contribution in [-0.4, -0.2) is 47.9 Å². The molecule has 7 heteroatoms. The van der Waals surface area contributed by atoms with Crippen LogP contribution in [0.5, 0.6) is 0 Å². The number of hydrogen-bond donors (Lipinski definition) is 2. The lowest BCUT2D eigenvalue weighted by Gasteiger charge is -2.17. The summed E-state index contributed by atoms with van der Waals surface area (Å²) in [4.78, 5) is 18.6. The Morgan fingerprint density at radius 1 is 1.31 bits per heavy atom. The Morgan fingerprint density at radius 3 is 2.73 bits per heavy atom. The zero-order chi connectivity index (χ0) is 18.4. The molecular weight excluding hydrogens is 332 g/mol. The third-order valence-corrected chi connectivity index (χ3v) is 4.83. The average molecular weight is 358 g/mol. The first-order chi connectivity index (χ1) is 12.7. The van der Waals surface area contributed by atoms with Gasteiger partial charge in [0.15, 0.2) is 5.82 Å². The van der Waals surface area contributed by atoms with Crippen molar-refractivity contribution in [3.63, 3.8) is 0 Å². The summed E-state index contributed by atoms with van der Waals surface area (Å²) in [6, 6.07) is 7.31. The lowest BCUT2D eigenvalue weighted by atomic mass is 10.1. The summed E-state index contributed by atoms with van der Waals surface area (Å²) in [5.74, 6) is 1.67. The smallest absolute Gasteiger partial charge is 0.251 e. The quantitative estimate of drug-likeness (QED) is 0.751. The van der Waals surface area contributed by atoms with Gasteiger partial charge < -0.3 is 19.8 Å². The molecule has 0 spiro atoms. The van der Waals surface area contributed by atoms with Gasteiger partial charge in [-0.2, -0.15) is 4.98 Å². The fourth-order valence-electron chi connectivity index (χ4n) is 3.24. The maximum absolute atomic E-state index is 12.2. The maximum Gasteiger partial charge on any atom is 0.251 e. The molecule has 2 N–H and O–H groups in total. The van der Waals surface area contributed by atoms with Crippen LogP contribution in [0.1, 0.15) is 53.7 Å². The Kier molecular flexibility index (Phi) is 6.22. The van der Waals surface area contributed by atoms with Crippen molar-refractivity contribution in [2.45, 2.75) is 38.0 Å². The molecule has 1 aliphatic rings. The first-order valence-corrected chi connectivity index (χ1v) is 9.20. The maximum atomic E-state index is 12.2. The number of nitrogens with zero attached hydrogens (tertiary/aromatic N) is 3. The monoisotopic (exact) mass is 358 g/mol. The number of nitrogens with one attached hydrogen (secondary N) is 1. The summed E-state index contributed by atoms with van der Waals surface area (Å²) in [6.07, 6.45) is 5.27. The molecule has 0 bridgehead atoms. The van der Waals surface area contributed by atoms with E-state index in [0.717, 1.165) is 24.4 Å². The molecule has 1 aromatic carbocycles. The Hall–Kier alpha value is -2.41. The van der Waals surface area contributed by atoms with Gasteiger partial charge in [-0.25, -0.2) is 0 Å². The second kappa shape index (κ2) is 8.80. The summed E-state index contributed by atoms with van der Waals surface area (Å²) < 4.78 is 5.35. The number of anilines is 1. The minimum atomic E-state index is -0.124. The van der Waals surface area contributed by atoms with Gasteiger partial charge in [0, 0.05) is 43.7 Å². The molecule has 0 saturated heterocycles. The van der Waals surface area contributed by atoms with Crippen LogP contribution in [0, 0.1) is 0 Å². The Morgan fingerprint density at radius 2 is 2.04 bits per heavy atom.